The third-order valence-corrected chi connectivity index (χ3v) is 4.84. The van der Waals surface area contributed by atoms with Gasteiger partial charge >= 0.3 is 0 Å². The van der Waals surface area contributed by atoms with Gasteiger partial charge in [0.1, 0.15) is 5.82 Å². The highest BCUT2D eigenvalue weighted by Crippen LogP contribution is 2.24. The van der Waals surface area contributed by atoms with Gasteiger partial charge < -0.3 is 10.4 Å². The number of nitrogens with one attached hydrogen (secondary N) is 1. The Morgan fingerprint density at radius 1 is 1.08 bits per heavy atom. The Hall–Kier alpha value is -1.78. The summed E-state index contributed by atoms with van der Waals surface area (Å²) >= 11 is 0. The van der Waals surface area contributed by atoms with E-state index in [9.17, 15) is 9.50 Å². The Bertz CT molecular complexity index is 670. The molecule has 0 radical (unpaired) electrons. The molecule has 0 fully saturated rings. The van der Waals surface area contributed by atoms with Crippen molar-refractivity contribution in [2.45, 2.75) is 52.6 Å². The summed E-state index contributed by atoms with van der Waals surface area (Å²) in [7, 11) is 0. The van der Waals surface area contributed by atoms with Gasteiger partial charge in [0.2, 0.25) is 0 Å². The molecule has 0 bridgehead atoms. The summed E-state index contributed by atoms with van der Waals surface area (Å²) < 4.78 is 14.1. The molecule has 0 saturated carbocycles. The van der Waals surface area contributed by atoms with Gasteiger partial charge in [0, 0.05) is 18.2 Å². The lowest BCUT2D eigenvalue weighted by Gasteiger charge is -2.20. The molecular weight excluding hydrogens is 315 g/mol. The highest BCUT2D eigenvalue weighted by molar-refractivity contribution is 5.59. The van der Waals surface area contributed by atoms with E-state index in [2.05, 4.69) is 36.3 Å². The highest BCUT2D eigenvalue weighted by Gasteiger charge is 2.14. The van der Waals surface area contributed by atoms with E-state index in [-0.39, 0.29) is 24.4 Å². The van der Waals surface area contributed by atoms with Crippen molar-refractivity contribution < 1.29 is 9.50 Å². The van der Waals surface area contributed by atoms with Crippen molar-refractivity contribution in [3.8, 4) is 11.3 Å². The van der Waals surface area contributed by atoms with Crippen molar-refractivity contribution >= 4 is 0 Å². The molecule has 25 heavy (non-hydrogen) atoms. The first kappa shape index (κ1) is 19.5. The molecule has 2 rings (SSSR count). The SMILES string of the molecule is CCC(C)c1ccc(-c2ccc(F)c(CN[C@@H](CO)C(C)C)n2)cc1. The van der Waals surface area contributed by atoms with E-state index in [0.717, 1.165) is 17.7 Å². The Morgan fingerprint density at radius 3 is 2.32 bits per heavy atom. The molecule has 2 N–H and O–H groups in total. The molecule has 1 unspecified atom stereocenters. The lowest BCUT2D eigenvalue weighted by atomic mass is 9.97. The van der Waals surface area contributed by atoms with E-state index in [1.54, 1.807) is 6.07 Å². The van der Waals surface area contributed by atoms with Crippen LogP contribution in [0.4, 0.5) is 4.39 Å². The fourth-order valence-electron chi connectivity index (χ4n) is 2.73. The molecule has 0 saturated heterocycles. The second kappa shape index (κ2) is 9.07. The Balaban J connectivity index is 2.17. The molecule has 2 aromatic rings. The first-order valence-corrected chi connectivity index (χ1v) is 9.06. The predicted molar refractivity (Wildman–Crippen MR) is 101 cm³/mol. The van der Waals surface area contributed by atoms with Crippen LogP contribution >= 0.6 is 0 Å². The topological polar surface area (TPSA) is 45.1 Å². The molecule has 0 aliphatic carbocycles. The van der Waals surface area contributed by atoms with Crippen LogP contribution in [0.3, 0.4) is 0 Å². The van der Waals surface area contributed by atoms with E-state index in [0.29, 0.717) is 18.2 Å². The summed E-state index contributed by atoms with van der Waals surface area (Å²) in [6, 6.07) is 11.4. The highest BCUT2D eigenvalue weighted by atomic mass is 19.1. The van der Waals surface area contributed by atoms with Gasteiger partial charge in [-0.15, -0.1) is 0 Å². The zero-order valence-electron chi connectivity index (χ0n) is 15.6. The average Bonchev–Trinajstić information content (AvgIpc) is 2.62. The van der Waals surface area contributed by atoms with Crippen LogP contribution in [0.15, 0.2) is 36.4 Å². The number of hydrogen-bond donors (Lipinski definition) is 2. The molecule has 1 aromatic carbocycles. The van der Waals surface area contributed by atoms with E-state index >= 15 is 0 Å². The van der Waals surface area contributed by atoms with Gasteiger partial charge in [0.15, 0.2) is 0 Å². The molecule has 4 heteroatoms. The lowest BCUT2D eigenvalue weighted by Crippen LogP contribution is -2.36. The molecule has 1 heterocycles. The minimum atomic E-state index is -0.326. The fraction of sp³-hybridized carbons (Fsp3) is 0.476. The molecule has 0 aliphatic heterocycles. The van der Waals surface area contributed by atoms with Crippen LogP contribution in [-0.4, -0.2) is 22.7 Å². The summed E-state index contributed by atoms with van der Waals surface area (Å²) in [5.74, 6) is 0.471. The van der Waals surface area contributed by atoms with Gasteiger partial charge in [-0.05, 0) is 36.0 Å². The number of aliphatic hydroxyl groups is 1. The van der Waals surface area contributed by atoms with E-state index in [1.807, 2.05) is 26.0 Å². The fourth-order valence-corrected chi connectivity index (χ4v) is 2.73. The number of hydrogen-bond acceptors (Lipinski definition) is 3. The van der Waals surface area contributed by atoms with Crippen LogP contribution < -0.4 is 5.32 Å². The van der Waals surface area contributed by atoms with Crippen molar-refractivity contribution in [1.29, 1.82) is 0 Å². The Labute approximate surface area is 150 Å². The number of aliphatic hydroxyl groups excluding tert-OH is 1. The summed E-state index contributed by atoms with van der Waals surface area (Å²) in [5, 5.41) is 12.6. The van der Waals surface area contributed by atoms with Crippen molar-refractivity contribution in [2.75, 3.05) is 6.61 Å². The largest absolute Gasteiger partial charge is 0.395 e. The van der Waals surface area contributed by atoms with E-state index < -0.39 is 0 Å². The summed E-state index contributed by atoms with van der Waals surface area (Å²) in [5.41, 5.74) is 3.43. The third-order valence-electron chi connectivity index (χ3n) is 4.84. The van der Waals surface area contributed by atoms with Crippen molar-refractivity contribution in [2.24, 2.45) is 5.92 Å². The van der Waals surface area contributed by atoms with Gasteiger partial charge in [0.25, 0.3) is 0 Å². The quantitative estimate of drug-likeness (QED) is 0.741. The standard InChI is InChI=1S/C21H29FN2O/c1-5-15(4)16-6-8-17(9-7-16)19-11-10-18(22)20(24-19)12-23-21(13-25)14(2)3/h6-11,14-15,21,23,25H,5,12-13H2,1-4H3/t15?,21-/m0/s1. The first-order chi connectivity index (χ1) is 12.0. The van der Waals surface area contributed by atoms with Crippen molar-refractivity contribution in [3.63, 3.8) is 0 Å². The normalized spacial score (nSPS) is 13.9. The van der Waals surface area contributed by atoms with Crippen LogP contribution in [0.2, 0.25) is 0 Å². The summed E-state index contributed by atoms with van der Waals surface area (Å²) in [6.07, 6.45) is 1.10. The predicted octanol–water partition coefficient (Wildman–Crippen LogP) is 4.51. The number of benzene rings is 1. The molecule has 3 nitrogen and oxygen atoms in total. The number of nitrogens with zero attached hydrogens (tertiary/aromatic N) is 1. The van der Waals surface area contributed by atoms with Crippen LogP contribution in [0.5, 0.6) is 0 Å². The molecule has 136 valence electrons. The first-order valence-electron chi connectivity index (χ1n) is 9.06. The molecule has 2 atom stereocenters. The monoisotopic (exact) mass is 344 g/mol. The van der Waals surface area contributed by atoms with Gasteiger partial charge in [-0.1, -0.05) is 52.0 Å². The van der Waals surface area contributed by atoms with Crippen LogP contribution in [0, 0.1) is 11.7 Å². The zero-order chi connectivity index (χ0) is 18.4. The molecule has 0 aliphatic rings. The average molecular weight is 344 g/mol. The minimum absolute atomic E-state index is 0.0239. The van der Waals surface area contributed by atoms with Crippen LogP contribution in [0.1, 0.15) is 51.3 Å². The number of halogens is 1. The van der Waals surface area contributed by atoms with E-state index in [1.165, 1.54) is 11.6 Å². The maximum Gasteiger partial charge on any atom is 0.146 e. The van der Waals surface area contributed by atoms with Gasteiger partial charge in [-0.3, -0.25) is 0 Å². The van der Waals surface area contributed by atoms with Gasteiger partial charge in [0.05, 0.1) is 18.0 Å². The maximum atomic E-state index is 14.1. The van der Waals surface area contributed by atoms with E-state index in [4.69, 9.17) is 0 Å². The second-order valence-corrected chi connectivity index (χ2v) is 6.97. The third kappa shape index (κ3) is 5.10. The Morgan fingerprint density at radius 2 is 1.76 bits per heavy atom. The van der Waals surface area contributed by atoms with Crippen molar-refractivity contribution in [1.82, 2.24) is 10.3 Å². The molecular formula is C21H29FN2O. The zero-order valence-corrected chi connectivity index (χ0v) is 15.6. The maximum absolute atomic E-state index is 14.1. The number of aromatic nitrogens is 1. The van der Waals surface area contributed by atoms with Gasteiger partial charge in [-0.25, -0.2) is 9.37 Å². The number of rotatable bonds is 8. The van der Waals surface area contributed by atoms with Crippen molar-refractivity contribution in [3.05, 3.63) is 53.5 Å². The summed E-state index contributed by atoms with van der Waals surface area (Å²) in [4.78, 5) is 4.48. The van der Waals surface area contributed by atoms with Gasteiger partial charge in [-0.2, -0.15) is 0 Å². The molecule has 0 amide bonds. The minimum Gasteiger partial charge on any atom is -0.395 e. The lowest BCUT2D eigenvalue weighted by molar-refractivity contribution is 0.209. The smallest absolute Gasteiger partial charge is 0.146 e. The number of pyridine rings is 1. The van der Waals surface area contributed by atoms with Crippen LogP contribution in [0.25, 0.3) is 11.3 Å². The second-order valence-electron chi connectivity index (χ2n) is 6.97. The Kier molecular flexibility index (Phi) is 7.09. The molecule has 1 aromatic heterocycles. The summed E-state index contributed by atoms with van der Waals surface area (Å²) in [6.45, 7) is 8.75. The van der Waals surface area contributed by atoms with Crippen LogP contribution in [-0.2, 0) is 6.54 Å². The molecule has 0 spiro atoms.